The number of aromatic nitrogens is 3. The van der Waals surface area contributed by atoms with Gasteiger partial charge in [-0.2, -0.15) is 9.67 Å². The zero-order valence-electron chi connectivity index (χ0n) is 19.3. The van der Waals surface area contributed by atoms with E-state index in [4.69, 9.17) is 4.74 Å². The number of ether oxygens (including phenoxy) is 2. The Morgan fingerprint density at radius 1 is 0.972 bits per heavy atom. The number of rotatable bonds is 8. The molecular formula is C25H22F3N5O3. The third-order valence-electron chi connectivity index (χ3n) is 5.15. The Balaban J connectivity index is 1.60. The van der Waals surface area contributed by atoms with Gasteiger partial charge < -0.3 is 14.8 Å². The summed E-state index contributed by atoms with van der Waals surface area (Å²) in [5.74, 6) is 0.238. The van der Waals surface area contributed by atoms with Crippen LogP contribution in [0, 0.1) is 6.92 Å². The molecule has 3 aromatic carbocycles. The van der Waals surface area contributed by atoms with Crippen LogP contribution in [0.25, 0.3) is 5.69 Å². The highest BCUT2D eigenvalue weighted by Gasteiger charge is 2.31. The molecule has 0 unspecified atom stereocenters. The van der Waals surface area contributed by atoms with E-state index >= 15 is 0 Å². The van der Waals surface area contributed by atoms with Gasteiger partial charge in [0.05, 0.1) is 12.8 Å². The lowest BCUT2D eigenvalue weighted by molar-refractivity contribution is -0.274. The molecule has 1 aromatic heterocycles. The molecule has 0 radical (unpaired) electrons. The number of halogens is 3. The first kappa shape index (κ1) is 24.6. The second-order valence-corrected chi connectivity index (χ2v) is 7.68. The molecule has 186 valence electrons. The van der Waals surface area contributed by atoms with Crippen LogP contribution in [-0.4, -0.2) is 34.1 Å². The number of hydrogen-bond acceptors (Lipinski definition) is 6. The van der Waals surface area contributed by atoms with Crippen molar-refractivity contribution < 1.29 is 27.4 Å². The molecule has 0 saturated carbocycles. The van der Waals surface area contributed by atoms with Gasteiger partial charge in [0.1, 0.15) is 11.5 Å². The molecule has 0 bridgehead atoms. The lowest BCUT2D eigenvalue weighted by atomic mass is 10.1. The standard InChI is InChI=1S/C25H22F3N5O3/c1-16-5-3-4-6-21(16)22(34)30-24-31-23(29-15-17-7-11-19(35-2)12-8-17)32-33(24)18-9-13-20(14-10-18)36-25(26,27)28/h3-14H,15H2,1-2H3,(H2,29,30,31,32,34). The fraction of sp³-hybridized carbons (Fsp3) is 0.160. The van der Waals surface area contributed by atoms with Crippen LogP contribution < -0.4 is 20.1 Å². The van der Waals surface area contributed by atoms with Gasteiger partial charge in [-0.15, -0.1) is 18.3 Å². The number of carbonyl (C=O) groups is 1. The summed E-state index contributed by atoms with van der Waals surface area (Å²) in [6.07, 6.45) is -4.81. The highest BCUT2D eigenvalue weighted by atomic mass is 19.4. The van der Waals surface area contributed by atoms with Crippen LogP contribution in [0.3, 0.4) is 0 Å². The fourth-order valence-electron chi connectivity index (χ4n) is 3.36. The van der Waals surface area contributed by atoms with E-state index in [0.717, 1.165) is 29.0 Å². The van der Waals surface area contributed by atoms with Crippen LogP contribution in [0.5, 0.6) is 11.5 Å². The van der Waals surface area contributed by atoms with E-state index in [1.54, 1.807) is 32.2 Å². The molecule has 1 heterocycles. The Hall–Kier alpha value is -4.54. The smallest absolute Gasteiger partial charge is 0.497 e. The van der Waals surface area contributed by atoms with Gasteiger partial charge in [0.2, 0.25) is 11.9 Å². The molecule has 1 amide bonds. The molecule has 4 aromatic rings. The van der Waals surface area contributed by atoms with Crippen LogP contribution in [0.15, 0.2) is 72.8 Å². The van der Waals surface area contributed by atoms with Crippen molar-refractivity contribution in [2.24, 2.45) is 0 Å². The van der Waals surface area contributed by atoms with Crippen LogP contribution in [0.2, 0.25) is 0 Å². The van der Waals surface area contributed by atoms with Crippen molar-refractivity contribution in [3.05, 3.63) is 89.5 Å². The van der Waals surface area contributed by atoms with Crippen molar-refractivity contribution in [1.82, 2.24) is 14.8 Å². The number of methoxy groups -OCH3 is 1. The Bertz CT molecular complexity index is 1340. The summed E-state index contributed by atoms with van der Waals surface area (Å²) in [7, 11) is 1.58. The van der Waals surface area contributed by atoms with Gasteiger partial charge >= 0.3 is 6.36 Å². The van der Waals surface area contributed by atoms with E-state index in [1.165, 1.54) is 16.8 Å². The number of nitrogens with zero attached hydrogens (tertiary/aromatic N) is 3. The van der Waals surface area contributed by atoms with Crippen molar-refractivity contribution in [2.45, 2.75) is 19.8 Å². The molecule has 4 rings (SSSR count). The topological polar surface area (TPSA) is 90.3 Å². The number of anilines is 2. The summed E-state index contributed by atoms with van der Waals surface area (Å²) in [5, 5.41) is 10.2. The monoisotopic (exact) mass is 497 g/mol. The van der Waals surface area contributed by atoms with Crippen molar-refractivity contribution >= 4 is 17.8 Å². The third-order valence-corrected chi connectivity index (χ3v) is 5.15. The number of benzene rings is 3. The summed E-state index contributed by atoms with van der Waals surface area (Å²) in [5.41, 5.74) is 2.53. The normalized spacial score (nSPS) is 11.1. The average molecular weight is 497 g/mol. The second-order valence-electron chi connectivity index (χ2n) is 7.68. The predicted octanol–water partition coefficient (Wildman–Crippen LogP) is 5.35. The number of aryl methyl sites for hydroxylation is 1. The van der Waals surface area contributed by atoms with Crippen molar-refractivity contribution in [3.63, 3.8) is 0 Å². The Labute approximate surface area is 204 Å². The molecule has 0 atom stereocenters. The summed E-state index contributed by atoms with van der Waals surface area (Å²) >= 11 is 0. The number of nitrogens with one attached hydrogen (secondary N) is 2. The molecule has 0 aliphatic heterocycles. The minimum Gasteiger partial charge on any atom is -0.497 e. The van der Waals surface area contributed by atoms with Gasteiger partial charge in [-0.05, 0) is 60.5 Å². The minimum absolute atomic E-state index is 0.0879. The molecule has 0 aliphatic rings. The third kappa shape index (κ3) is 6.12. The molecule has 0 spiro atoms. The first-order valence-corrected chi connectivity index (χ1v) is 10.8. The lowest BCUT2D eigenvalue weighted by Crippen LogP contribution is -2.17. The largest absolute Gasteiger partial charge is 0.573 e. The number of alkyl halides is 3. The summed E-state index contributed by atoms with van der Waals surface area (Å²) in [6, 6.07) is 19.5. The SMILES string of the molecule is COc1ccc(CNc2nc(NC(=O)c3ccccc3C)n(-c3ccc(OC(F)(F)F)cc3)n2)cc1. The summed E-state index contributed by atoms with van der Waals surface area (Å²) in [6.45, 7) is 2.19. The van der Waals surface area contributed by atoms with Gasteiger partial charge in [-0.1, -0.05) is 30.3 Å². The van der Waals surface area contributed by atoms with Gasteiger partial charge in [-0.3, -0.25) is 10.1 Å². The van der Waals surface area contributed by atoms with Crippen LogP contribution in [-0.2, 0) is 6.54 Å². The number of amides is 1. The molecule has 0 saturated heterocycles. The molecule has 2 N–H and O–H groups in total. The average Bonchev–Trinajstić information content (AvgIpc) is 3.25. The molecule has 36 heavy (non-hydrogen) atoms. The fourth-order valence-corrected chi connectivity index (χ4v) is 3.36. The van der Waals surface area contributed by atoms with Crippen LogP contribution in [0.1, 0.15) is 21.5 Å². The Kier molecular flexibility index (Phi) is 7.09. The van der Waals surface area contributed by atoms with Gasteiger partial charge in [0.25, 0.3) is 5.91 Å². The maximum absolute atomic E-state index is 12.9. The van der Waals surface area contributed by atoms with Crippen molar-refractivity contribution in [1.29, 1.82) is 0 Å². The number of carbonyl (C=O) groups excluding carboxylic acids is 1. The van der Waals surface area contributed by atoms with Crippen LogP contribution in [0.4, 0.5) is 25.1 Å². The summed E-state index contributed by atoms with van der Waals surface area (Å²) in [4.78, 5) is 17.3. The van der Waals surface area contributed by atoms with E-state index in [0.29, 0.717) is 17.8 Å². The molecule has 0 aliphatic carbocycles. The number of hydrogen-bond donors (Lipinski definition) is 2. The van der Waals surface area contributed by atoms with Gasteiger partial charge in [-0.25, -0.2) is 0 Å². The molecular weight excluding hydrogens is 475 g/mol. The quantitative estimate of drug-likeness (QED) is 0.341. The minimum atomic E-state index is -4.81. The predicted molar refractivity (Wildman–Crippen MR) is 127 cm³/mol. The van der Waals surface area contributed by atoms with E-state index < -0.39 is 12.3 Å². The van der Waals surface area contributed by atoms with E-state index in [-0.39, 0.29) is 17.6 Å². The van der Waals surface area contributed by atoms with Gasteiger partial charge in [0.15, 0.2) is 0 Å². The second kappa shape index (κ2) is 10.4. The molecule has 11 heteroatoms. The van der Waals surface area contributed by atoms with Crippen molar-refractivity contribution in [2.75, 3.05) is 17.7 Å². The van der Waals surface area contributed by atoms with Gasteiger partial charge in [0, 0.05) is 12.1 Å². The molecule has 8 nitrogen and oxygen atoms in total. The van der Waals surface area contributed by atoms with E-state index in [1.807, 2.05) is 30.3 Å². The van der Waals surface area contributed by atoms with E-state index in [2.05, 4.69) is 25.5 Å². The zero-order valence-corrected chi connectivity index (χ0v) is 19.3. The first-order chi connectivity index (χ1) is 17.2. The van der Waals surface area contributed by atoms with Crippen molar-refractivity contribution in [3.8, 4) is 17.2 Å². The first-order valence-electron chi connectivity index (χ1n) is 10.8. The van der Waals surface area contributed by atoms with E-state index in [9.17, 15) is 18.0 Å². The maximum atomic E-state index is 12.9. The Morgan fingerprint density at radius 3 is 2.28 bits per heavy atom. The lowest BCUT2D eigenvalue weighted by Gasteiger charge is -2.11. The zero-order chi connectivity index (χ0) is 25.7. The van der Waals surface area contributed by atoms with Crippen LogP contribution >= 0.6 is 0 Å². The highest BCUT2D eigenvalue weighted by Crippen LogP contribution is 2.25. The highest BCUT2D eigenvalue weighted by molar-refractivity contribution is 6.04. The molecule has 0 fully saturated rings. The summed E-state index contributed by atoms with van der Waals surface area (Å²) < 4.78 is 48.0. The maximum Gasteiger partial charge on any atom is 0.573 e. The Morgan fingerprint density at radius 2 is 1.64 bits per heavy atom.